The Balaban J connectivity index is 1.67. The summed E-state index contributed by atoms with van der Waals surface area (Å²) in [6.07, 6.45) is 2.94. The maximum Gasteiger partial charge on any atom is 0.276 e. The third-order valence-electron chi connectivity index (χ3n) is 5.49. The van der Waals surface area contributed by atoms with Crippen molar-refractivity contribution >= 4 is 21.6 Å². The molecule has 0 aliphatic carbocycles. The first-order chi connectivity index (χ1) is 14.7. The van der Waals surface area contributed by atoms with Gasteiger partial charge < -0.3 is 19.4 Å². The molecule has 1 aromatic heterocycles. The van der Waals surface area contributed by atoms with Gasteiger partial charge in [-0.3, -0.25) is 4.79 Å². The second kappa shape index (κ2) is 7.49. The summed E-state index contributed by atoms with van der Waals surface area (Å²) in [6.45, 7) is 4.38. The molecule has 31 heavy (non-hydrogen) atoms. The fraction of sp³-hybridized carbons (Fsp3) is 0.300. The molecule has 1 aromatic carbocycles. The lowest BCUT2D eigenvalue weighted by atomic mass is 9.79. The average Bonchev–Trinajstić information content (AvgIpc) is 2.97. The second-order valence-corrected chi connectivity index (χ2v) is 9.14. The Morgan fingerprint density at radius 2 is 2.23 bits per heavy atom. The highest BCUT2D eigenvalue weighted by atomic mass is 32.2. The minimum absolute atomic E-state index is 0.0265. The summed E-state index contributed by atoms with van der Waals surface area (Å²) in [5.41, 5.74) is -0.668. The van der Waals surface area contributed by atoms with Gasteiger partial charge in [-0.1, -0.05) is 6.08 Å². The van der Waals surface area contributed by atoms with Crippen LogP contribution >= 0.6 is 0 Å². The van der Waals surface area contributed by atoms with Gasteiger partial charge in [0.15, 0.2) is 11.4 Å². The number of nitrogens with one attached hydrogen (secondary N) is 2. The van der Waals surface area contributed by atoms with Crippen LogP contribution in [0.3, 0.4) is 0 Å². The summed E-state index contributed by atoms with van der Waals surface area (Å²) >= 11 is 0. The molecule has 2 N–H and O–H groups in total. The number of anilines is 1. The van der Waals surface area contributed by atoms with Gasteiger partial charge in [0.2, 0.25) is 10.0 Å². The molecule has 0 spiro atoms. The number of carbonyl (C=O) groups excluding carboxylic acids is 1. The van der Waals surface area contributed by atoms with Crippen molar-refractivity contribution in [3.63, 3.8) is 0 Å². The molecule has 9 nitrogen and oxygen atoms in total. The number of nitriles is 1. The van der Waals surface area contributed by atoms with E-state index in [-0.39, 0.29) is 34.2 Å². The lowest BCUT2D eigenvalue weighted by Gasteiger charge is -2.44. The van der Waals surface area contributed by atoms with Crippen LogP contribution in [0.4, 0.5) is 10.1 Å². The summed E-state index contributed by atoms with van der Waals surface area (Å²) in [4.78, 5) is 12.8. The second-order valence-electron chi connectivity index (χ2n) is 7.46. The molecular weight excluding hydrogens is 427 g/mol. The highest BCUT2D eigenvalue weighted by Crippen LogP contribution is 2.38. The lowest BCUT2D eigenvalue weighted by Crippen LogP contribution is -2.58. The zero-order valence-corrected chi connectivity index (χ0v) is 17.3. The molecule has 1 atom stereocenters. The van der Waals surface area contributed by atoms with Gasteiger partial charge in [0, 0.05) is 18.9 Å². The fourth-order valence-electron chi connectivity index (χ4n) is 3.58. The minimum Gasteiger partial charge on any atom is -0.488 e. The van der Waals surface area contributed by atoms with E-state index in [4.69, 9.17) is 14.7 Å². The van der Waals surface area contributed by atoms with Crippen LogP contribution in [0.1, 0.15) is 16.1 Å². The van der Waals surface area contributed by atoms with E-state index in [1.165, 1.54) is 29.9 Å². The zero-order valence-electron chi connectivity index (χ0n) is 16.5. The highest BCUT2D eigenvalue weighted by Gasteiger charge is 2.48. The van der Waals surface area contributed by atoms with Gasteiger partial charge in [0.25, 0.3) is 5.91 Å². The Morgan fingerprint density at radius 1 is 1.48 bits per heavy atom. The molecule has 0 radical (unpaired) electrons. The number of hydrogen-bond donors (Lipinski definition) is 2. The maximum atomic E-state index is 13.5. The molecule has 3 heterocycles. The molecule has 1 fully saturated rings. The largest absolute Gasteiger partial charge is 0.488 e. The third-order valence-corrected chi connectivity index (χ3v) is 6.95. The van der Waals surface area contributed by atoms with E-state index >= 15 is 0 Å². The summed E-state index contributed by atoms with van der Waals surface area (Å²) < 4.78 is 54.5. The van der Waals surface area contributed by atoms with E-state index < -0.39 is 33.2 Å². The van der Waals surface area contributed by atoms with Crippen LogP contribution in [0.15, 0.2) is 41.9 Å². The van der Waals surface area contributed by atoms with Crippen molar-refractivity contribution < 1.29 is 27.1 Å². The van der Waals surface area contributed by atoms with E-state index in [1.54, 1.807) is 12.1 Å². The number of aromatic nitrogens is 1. The summed E-state index contributed by atoms with van der Waals surface area (Å²) in [6, 6.07) is 4.63. The summed E-state index contributed by atoms with van der Waals surface area (Å²) in [5.74, 6) is -1.47. The molecule has 2 aliphatic heterocycles. The van der Waals surface area contributed by atoms with E-state index in [1.807, 2.05) is 0 Å². The van der Waals surface area contributed by atoms with Gasteiger partial charge in [0.1, 0.15) is 23.4 Å². The summed E-state index contributed by atoms with van der Waals surface area (Å²) in [7, 11) is -2.48. The topological polar surface area (TPSA) is 122 Å². The van der Waals surface area contributed by atoms with Gasteiger partial charge in [-0.05, 0) is 18.2 Å². The van der Waals surface area contributed by atoms with Gasteiger partial charge in [-0.15, -0.1) is 6.58 Å². The number of nitrogens with zero attached hydrogens (tertiary/aromatic N) is 2. The minimum atomic E-state index is -3.99. The highest BCUT2D eigenvalue weighted by molar-refractivity contribution is 7.89. The van der Waals surface area contributed by atoms with Crippen molar-refractivity contribution in [2.45, 2.75) is 10.9 Å². The quantitative estimate of drug-likeness (QED) is 0.687. The van der Waals surface area contributed by atoms with Gasteiger partial charge in [-0.25, -0.2) is 17.5 Å². The smallest absolute Gasteiger partial charge is 0.276 e. The predicted molar refractivity (Wildman–Crippen MR) is 108 cm³/mol. The van der Waals surface area contributed by atoms with Crippen molar-refractivity contribution in [3.8, 4) is 11.8 Å². The number of amides is 1. The Morgan fingerprint density at radius 3 is 2.84 bits per heavy atom. The molecule has 1 saturated heterocycles. The number of ether oxygens (including phenoxy) is 2. The number of fused-ring (bicyclic) bond motifs is 1. The molecule has 2 aliphatic rings. The lowest BCUT2D eigenvalue weighted by molar-refractivity contribution is -0.103. The van der Waals surface area contributed by atoms with Crippen LogP contribution in [0.2, 0.25) is 0 Å². The molecule has 0 saturated carbocycles. The van der Waals surface area contributed by atoms with Crippen molar-refractivity contribution in [2.75, 3.05) is 25.1 Å². The van der Waals surface area contributed by atoms with Crippen LogP contribution in [-0.4, -0.2) is 44.8 Å². The molecule has 0 bridgehead atoms. The average molecular weight is 446 g/mol. The van der Waals surface area contributed by atoms with Crippen LogP contribution in [0, 0.1) is 22.6 Å². The van der Waals surface area contributed by atoms with Crippen LogP contribution < -0.4 is 14.8 Å². The Labute approximate surface area is 178 Å². The van der Waals surface area contributed by atoms with E-state index in [9.17, 15) is 17.6 Å². The standard InChI is InChI=1S/C20H19FN4O5S/c1-3-20(10-29-11-20)16-9-30-18-15(31(27,28)24-16)8-25(2)17(18)19(26)23-13-4-5-14(21)12(6-13)7-22/h3-6,8,16,24H,1,9-11H2,2H3,(H,23,26)/t16-/m0/s1. The Bertz CT molecular complexity index is 1230. The first-order valence-corrected chi connectivity index (χ1v) is 10.8. The molecule has 2 aromatic rings. The molecule has 1 amide bonds. The molecular formula is C20H19FN4O5S. The molecule has 11 heteroatoms. The molecule has 4 rings (SSSR count). The predicted octanol–water partition coefficient (Wildman–Crippen LogP) is 1.53. The number of halogens is 1. The van der Waals surface area contributed by atoms with Crippen LogP contribution in [0.25, 0.3) is 0 Å². The van der Waals surface area contributed by atoms with Crippen molar-refractivity contribution in [2.24, 2.45) is 12.5 Å². The number of aryl methyl sites for hydroxylation is 1. The van der Waals surface area contributed by atoms with Crippen LogP contribution in [0.5, 0.6) is 5.75 Å². The zero-order chi connectivity index (χ0) is 22.4. The number of hydrogen-bond acceptors (Lipinski definition) is 6. The monoisotopic (exact) mass is 446 g/mol. The molecule has 162 valence electrons. The van der Waals surface area contributed by atoms with Gasteiger partial charge in [-0.2, -0.15) is 5.26 Å². The third kappa shape index (κ3) is 3.48. The Hall–Kier alpha value is -3.20. The van der Waals surface area contributed by atoms with E-state index in [2.05, 4.69) is 16.6 Å². The number of carbonyl (C=O) groups is 1. The first kappa shape index (κ1) is 21.0. The van der Waals surface area contributed by atoms with Crippen LogP contribution in [-0.2, 0) is 21.8 Å². The summed E-state index contributed by atoms with van der Waals surface area (Å²) in [5, 5.41) is 11.5. The maximum absolute atomic E-state index is 13.5. The van der Waals surface area contributed by atoms with Crippen molar-refractivity contribution in [3.05, 3.63) is 54.1 Å². The van der Waals surface area contributed by atoms with E-state index in [0.29, 0.717) is 13.2 Å². The number of rotatable bonds is 4. The van der Waals surface area contributed by atoms with Gasteiger partial charge in [0.05, 0.1) is 30.2 Å². The van der Waals surface area contributed by atoms with Crippen molar-refractivity contribution in [1.82, 2.24) is 9.29 Å². The number of benzene rings is 1. The van der Waals surface area contributed by atoms with Crippen molar-refractivity contribution in [1.29, 1.82) is 5.26 Å². The molecule has 0 unspecified atom stereocenters. The van der Waals surface area contributed by atoms with Gasteiger partial charge >= 0.3 is 0 Å². The van der Waals surface area contributed by atoms with E-state index in [0.717, 1.165) is 6.07 Å². The number of sulfonamides is 1. The normalized spacial score (nSPS) is 20.9. The fourth-order valence-corrected chi connectivity index (χ4v) is 5.08. The SMILES string of the molecule is C=CC1([C@@H]2COc3c(cn(C)c3C(=O)Nc3ccc(F)c(C#N)c3)S(=O)(=O)N2)COC1. The Kier molecular flexibility index (Phi) is 5.09. The first-order valence-electron chi connectivity index (χ1n) is 9.27.